The van der Waals surface area contributed by atoms with E-state index in [0.29, 0.717) is 17.9 Å². The summed E-state index contributed by atoms with van der Waals surface area (Å²) >= 11 is 0. The van der Waals surface area contributed by atoms with Crippen LogP contribution < -0.4 is 10.5 Å². The average molecular weight is 244 g/mol. The molecule has 18 heavy (non-hydrogen) atoms. The quantitative estimate of drug-likeness (QED) is 0.632. The van der Waals surface area contributed by atoms with E-state index in [4.69, 9.17) is 15.9 Å². The maximum Gasteiger partial charge on any atom is 0.129 e. The van der Waals surface area contributed by atoms with Crippen molar-refractivity contribution in [3.63, 3.8) is 0 Å². The first kappa shape index (κ1) is 12.2. The first-order valence-electron chi connectivity index (χ1n) is 5.61. The van der Waals surface area contributed by atoms with E-state index in [0.717, 1.165) is 11.3 Å². The van der Waals surface area contributed by atoms with Crippen LogP contribution in [0.5, 0.6) is 5.75 Å². The van der Waals surface area contributed by atoms with Gasteiger partial charge < -0.3 is 10.5 Å². The van der Waals surface area contributed by atoms with Gasteiger partial charge in [0.05, 0.1) is 19.2 Å². The topological polar surface area (TPSA) is 76.9 Å². The largest absolute Gasteiger partial charge is 0.496 e. The lowest BCUT2D eigenvalue weighted by Gasteiger charge is -2.10. The maximum atomic E-state index is 7.54. The van der Waals surface area contributed by atoms with Gasteiger partial charge in [-0.15, -0.1) is 0 Å². The van der Waals surface area contributed by atoms with Crippen LogP contribution in [0.3, 0.4) is 0 Å². The Balaban J connectivity index is 2.33. The fourth-order valence-electron chi connectivity index (χ4n) is 1.80. The van der Waals surface area contributed by atoms with Crippen LogP contribution in [0.15, 0.2) is 30.5 Å². The van der Waals surface area contributed by atoms with Crippen molar-refractivity contribution >= 4 is 5.84 Å². The van der Waals surface area contributed by atoms with Crippen molar-refractivity contribution in [2.45, 2.75) is 13.5 Å². The van der Waals surface area contributed by atoms with Gasteiger partial charge in [0.25, 0.3) is 0 Å². The molecule has 1 aromatic carbocycles. The third-order valence-corrected chi connectivity index (χ3v) is 2.82. The minimum atomic E-state index is 0.00545. The van der Waals surface area contributed by atoms with Crippen molar-refractivity contribution in [3.05, 3.63) is 47.3 Å². The molecule has 0 aliphatic carbocycles. The highest BCUT2D eigenvalue weighted by Gasteiger charge is 2.08. The molecule has 5 heteroatoms. The van der Waals surface area contributed by atoms with E-state index in [1.54, 1.807) is 13.3 Å². The van der Waals surface area contributed by atoms with E-state index in [2.05, 4.69) is 5.10 Å². The van der Waals surface area contributed by atoms with E-state index >= 15 is 0 Å². The third-order valence-electron chi connectivity index (χ3n) is 2.82. The number of methoxy groups -OCH3 is 1. The van der Waals surface area contributed by atoms with Crippen LogP contribution in [0.2, 0.25) is 0 Å². The van der Waals surface area contributed by atoms with E-state index in [1.165, 1.54) is 0 Å². The molecule has 0 atom stereocenters. The molecular weight excluding hydrogens is 228 g/mol. The Labute approximate surface area is 106 Å². The number of hydrogen-bond donors (Lipinski definition) is 2. The van der Waals surface area contributed by atoms with E-state index in [9.17, 15) is 0 Å². The monoisotopic (exact) mass is 244 g/mol. The molecule has 0 saturated heterocycles. The maximum absolute atomic E-state index is 7.54. The summed E-state index contributed by atoms with van der Waals surface area (Å²) in [6.07, 6.45) is 1.77. The summed E-state index contributed by atoms with van der Waals surface area (Å²) in [6.45, 7) is 2.66. The predicted octanol–water partition coefficient (Wildman–Crippen LogP) is 1.53. The minimum absolute atomic E-state index is 0.00545. The standard InChI is InChI=1S/C13H16N4O/c1-9-5-6-16-17(9)8-10-3-4-12(18-2)11(7-10)13(14)15/h3-7H,8H2,1-2H3,(H3,14,15). The summed E-state index contributed by atoms with van der Waals surface area (Å²) in [5, 5.41) is 11.8. The molecule has 0 radical (unpaired) electrons. The summed E-state index contributed by atoms with van der Waals surface area (Å²) in [6, 6.07) is 7.59. The molecule has 0 bridgehead atoms. The summed E-state index contributed by atoms with van der Waals surface area (Å²) in [7, 11) is 1.57. The van der Waals surface area contributed by atoms with Crippen LogP contribution >= 0.6 is 0 Å². The summed E-state index contributed by atoms with van der Waals surface area (Å²) in [5.74, 6) is 0.620. The number of aromatic nitrogens is 2. The second kappa shape index (κ2) is 4.91. The number of rotatable bonds is 4. The van der Waals surface area contributed by atoms with Crippen molar-refractivity contribution in [2.75, 3.05) is 7.11 Å². The Morgan fingerprint density at radius 1 is 1.44 bits per heavy atom. The van der Waals surface area contributed by atoms with Crippen LogP contribution in [0.1, 0.15) is 16.8 Å². The van der Waals surface area contributed by atoms with Gasteiger partial charge >= 0.3 is 0 Å². The number of amidine groups is 1. The van der Waals surface area contributed by atoms with Gasteiger partial charge in [0, 0.05) is 11.9 Å². The zero-order valence-corrected chi connectivity index (χ0v) is 10.5. The SMILES string of the molecule is COc1ccc(Cn2nccc2C)cc1C(=N)N. The number of ether oxygens (including phenoxy) is 1. The molecule has 0 aliphatic heterocycles. The van der Waals surface area contributed by atoms with Gasteiger partial charge in [-0.2, -0.15) is 5.10 Å². The molecule has 0 fully saturated rings. The predicted molar refractivity (Wildman–Crippen MR) is 70.1 cm³/mol. The van der Waals surface area contributed by atoms with Crippen LogP contribution in [-0.4, -0.2) is 22.7 Å². The van der Waals surface area contributed by atoms with Crippen molar-refractivity contribution in [1.29, 1.82) is 5.41 Å². The number of benzene rings is 1. The average Bonchev–Trinajstić information content (AvgIpc) is 2.75. The van der Waals surface area contributed by atoms with Crippen molar-refractivity contribution in [2.24, 2.45) is 5.73 Å². The van der Waals surface area contributed by atoms with Crippen molar-refractivity contribution < 1.29 is 4.74 Å². The molecule has 3 N–H and O–H groups in total. The van der Waals surface area contributed by atoms with Crippen LogP contribution in [0, 0.1) is 12.3 Å². The van der Waals surface area contributed by atoms with Crippen molar-refractivity contribution in [3.8, 4) is 5.75 Å². The number of aryl methyl sites for hydroxylation is 1. The second-order valence-corrected chi connectivity index (χ2v) is 4.08. The molecule has 94 valence electrons. The normalized spacial score (nSPS) is 10.3. The van der Waals surface area contributed by atoms with Crippen LogP contribution in [-0.2, 0) is 6.54 Å². The first-order valence-corrected chi connectivity index (χ1v) is 5.61. The highest BCUT2D eigenvalue weighted by atomic mass is 16.5. The molecule has 0 spiro atoms. The van der Waals surface area contributed by atoms with Gasteiger partial charge in [0.2, 0.25) is 0 Å². The smallest absolute Gasteiger partial charge is 0.129 e. The summed E-state index contributed by atoms with van der Waals surface area (Å²) in [4.78, 5) is 0. The summed E-state index contributed by atoms with van der Waals surface area (Å²) < 4.78 is 7.07. The Bertz CT molecular complexity index is 574. The first-order chi connectivity index (χ1) is 8.61. The zero-order chi connectivity index (χ0) is 13.1. The molecular formula is C13H16N4O. The van der Waals surface area contributed by atoms with E-state index in [1.807, 2.05) is 35.9 Å². The lowest BCUT2D eigenvalue weighted by atomic mass is 10.1. The van der Waals surface area contributed by atoms with E-state index in [-0.39, 0.29) is 5.84 Å². The van der Waals surface area contributed by atoms with Gasteiger partial charge in [-0.3, -0.25) is 10.1 Å². The molecule has 2 rings (SSSR count). The fraction of sp³-hybridized carbons (Fsp3) is 0.231. The second-order valence-electron chi connectivity index (χ2n) is 4.08. The Morgan fingerprint density at radius 2 is 2.22 bits per heavy atom. The number of nitrogen functional groups attached to an aromatic ring is 1. The molecule has 5 nitrogen and oxygen atoms in total. The van der Waals surface area contributed by atoms with Crippen LogP contribution in [0.4, 0.5) is 0 Å². The van der Waals surface area contributed by atoms with Gasteiger partial charge in [0.15, 0.2) is 0 Å². The highest BCUT2D eigenvalue weighted by Crippen LogP contribution is 2.20. The number of hydrogen-bond acceptors (Lipinski definition) is 3. The van der Waals surface area contributed by atoms with Gasteiger partial charge in [-0.25, -0.2) is 0 Å². The zero-order valence-electron chi connectivity index (χ0n) is 10.5. The van der Waals surface area contributed by atoms with Crippen LogP contribution in [0.25, 0.3) is 0 Å². The lowest BCUT2D eigenvalue weighted by Crippen LogP contribution is -2.13. The third kappa shape index (κ3) is 2.34. The molecule has 0 aliphatic rings. The fourth-order valence-corrected chi connectivity index (χ4v) is 1.80. The summed E-state index contributed by atoms with van der Waals surface area (Å²) in [5.41, 5.74) is 8.28. The number of nitrogens with two attached hydrogens (primary N) is 1. The molecule has 0 unspecified atom stereocenters. The molecule has 0 amide bonds. The molecule has 1 heterocycles. The minimum Gasteiger partial charge on any atom is -0.496 e. The number of nitrogens with one attached hydrogen (secondary N) is 1. The van der Waals surface area contributed by atoms with E-state index < -0.39 is 0 Å². The Kier molecular flexibility index (Phi) is 3.32. The van der Waals surface area contributed by atoms with Gasteiger partial charge in [0.1, 0.15) is 11.6 Å². The molecule has 1 aromatic heterocycles. The molecule has 2 aromatic rings. The Hall–Kier alpha value is -2.30. The molecule has 0 saturated carbocycles. The van der Waals surface area contributed by atoms with Gasteiger partial charge in [-0.05, 0) is 30.7 Å². The Morgan fingerprint density at radius 3 is 2.78 bits per heavy atom. The highest BCUT2D eigenvalue weighted by molar-refractivity contribution is 5.97. The van der Waals surface area contributed by atoms with Gasteiger partial charge in [-0.1, -0.05) is 6.07 Å². The lowest BCUT2D eigenvalue weighted by molar-refractivity contribution is 0.413. The number of nitrogens with zero attached hydrogens (tertiary/aromatic N) is 2. The van der Waals surface area contributed by atoms with Crippen molar-refractivity contribution in [1.82, 2.24) is 9.78 Å².